The van der Waals surface area contributed by atoms with Crippen LogP contribution >= 0.6 is 0 Å². The zero-order valence-electron chi connectivity index (χ0n) is 13.3. The number of hydrogen-bond donors (Lipinski definition) is 2. The van der Waals surface area contributed by atoms with Gasteiger partial charge in [0.1, 0.15) is 12.0 Å². The van der Waals surface area contributed by atoms with E-state index in [9.17, 15) is 9.18 Å². The van der Waals surface area contributed by atoms with Crippen molar-refractivity contribution in [2.75, 3.05) is 20.1 Å². The van der Waals surface area contributed by atoms with Crippen LogP contribution in [0.5, 0.6) is 0 Å². The van der Waals surface area contributed by atoms with Gasteiger partial charge >= 0.3 is 5.69 Å². The van der Waals surface area contributed by atoms with Crippen LogP contribution in [0.1, 0.15) is 23.7 Å². The third-order valence-corrected chi connectivity index (χ3v) is 4.00. The molecule has 0 aromatic carbocycles. The minimum Gasteiger partial charge on any atom is -0.360 e. The summed E-state index contributed by atoms with van der Waals surface area (Å²) in [6.07, 6.45) is -0.336. The van der Waals surface area contributed by atoms with Crippen LogP contribution in [-0.4, -0.2) is 62.5 Å². The molecule has 3 heterocycles. The van der Waals surface area contributed by atoms with Crippen LogP contribution in [0.3, 0.4) is 0 Å². The van der Waals surface area contributed by atoms with Gasteiger partial charge < -0.3 is 4.52 Å². The molecule has 1 aliphatic rings. The van der Waals surface area contributed by atoms with E-state index in [-0.39, 0.29) is 11.7 Å². The van der Waals surface area contributed by atoms with E-state index in [0.717, 1.165) is 11.5 Å². The average Bonchev–Trinajstić information content (AvgIpc) is 3.14. The lowest BCUT2D eigenvalue weighted by molar-refractivity contribution is 0.165. The molecule has 2 atom stereocenters. The molecule has 1 saturated heterocycles. The minimum absolute atomic E-state index is 0.0890. The predicted octanol–water partition coefficient (Wildman–Crippen LogP) is 0.439. The summed E-state index contributed by atoms with van der Waals surface area (Å²) in [4.78, 5) is 17.8. The highest BCUT2D eigenvalue weighted by Gasteiger charge is 2.33. The number of nitrogens with one attached hydrogen (secondary N) is 2. The highest BCUT2D eigenvalue weighted by molar-refractivity contribution is 5.04. The molecule has 2 N–H and O–H groups in total. The summed E-state index contributed by atoms with van der Waals surface area (Å²) in [7, 11) is 1.93. The first-order valence-corrected chi connectivity index (χ1v) is 7.62. The standard InChI is InChI=1S/C14H21FN6O2/c1-9-3-12(23-19-9)7-21-5-10(15)4-11(21)6-20(2)8-13-16-14(22)18-17-13/h3,10-11H,4-8H2,1-2H3,(H2,16,17,18,22)/t10-,11-/m0/s1. The SMILES string of the molecule is Cc1cc(CN2C[C@@H](F)C[C@H]2CN(C)Cc2n[nH]c(=O)[nH]2)on1. The number of likely N-dealkylation sites (tertiary alicyclic amines) is 1. The van der Waals surface area contributed by atoms with Gasteiger partial charge in [0.05, 0.1) is 18.8 Å². The maximum atomic E-state index is 13.8. The Bertz CT molecular complexity index is 695. The van der Waals surface area contributed by atoms with Crippen molar-refractivity contribution in [3.05, 3.63) is 33.8 Å². The van der Waals surface area contributed by atoms with Crippen LogP contribution in [0.15, 0.2) is 15.4 Å². The quantitative estimate of drug-likeness (QED) is 0.801. The molecule has 0 amide bonds. The first-order chi connectivity index (χ1) is 11.0. The summed E-state index contributed by atoms with van der Waals surface area (Å²) in [6, 6.07) is 1.96. The maximum Gasteiger partial charge on any atom is 0.340 e. The fourth-order valence-corrected chi connectivity index (χ4v) is 3.06. The predicted molar refractivity (Wildman–Crippen MR) is 80.5 cm³/mol. The summed E-state index contributed by atoms with van der Waals surface area (Å²) in [5.41, 5.74) is 0.507. The Morgan fingerprint density at radius 1 is 1.57 bits per heavy atom. The number of halogens is 1. The molecule has 0 saturated carbocycles. The van der Waals surface area contributed by atoms with E-state index in [2.05, 4.69) is 25.2 Å². The van der Waals surface area contributed by atoms with E-state index >= 15 is 0 Å². The van der Waals surface area contributed by atoms with Gasteiger partial charge in [-0.15, -0.1) is 0 Å². The maximum absolute atomic E-state index is 13.8. The monoisotopic (exact) mass is 324 g/mol. The van der Waals surface area contributed by atoms with Gasteiger partial charge in [0.25, 0.3) is 0 Å². The molecule has 2 aromatic rings. The lowest BCUT2D eigenvalue weighted by Crippen LogP contribution is -2.38. The van der Waals surface area contributed by atoms with Crippen LogP contribution in [-0.2, 0) is 13.1 Å². The topological polar surface area (TPSA) is 94.0 Å². The van der Waals surface area contributed by atoms with Crippen LogP contribution < -0.4 is 5.69 Å². The Kier molecular flexibility index (Phi) is 4.58. The minimum atomic E-state index is -0.831. The Morgan fingerprint density at radius 2 is 2.39 bits per heavy atom. The number of hydrogen-bond acceptors (Lipinski definition) is 6. The van der Waals surface area contributed by atoms with Crippen molar-refractivity contribution in [1.82, 2.24) is 30.1 Å². The van der Waals surface area contributed by atoms with Crippen molar-refractivity contribution >= 4 is 0 Å². The molecule has 1 aliphatic heterocycles. The molecule has 23 heavy (non-hydrogen) atoms. The van der Waals surface area contributed by atoms with Gasteiger partial charge in [-0.25, -0.2) is 14.3 Å². The van der Waals surface area contributed by atoms with Crippen LogP contribution in [0.4, 0.5) is 4.39 Å². The molecule has 2 aromatic heterocycles. The number of aryl methyl sites for hydroxylation is 1. The van der Waals surface area contributed by atoms with Crippen LogP contribution in [0.2, 0.25) is 0 Å². The second-order valence-corrected chi connectivity index (χ2v) is 6.17. The molecule has 0 spiro atoms. The van der Waals surface area contributed by atoms with Gasteiger partial charge in [-0.2, -0.15) is 5.10 Å². The number of nitrogens with zero attached hydrogens (tertiary/aromatic N) is 4. The van der Waals surface area contributed by atoms with E-state index in [4.69, 9.17) is 4.52 Å². The second-order valence-electron chi connectivity index (χ2n) is 6.17. The first kappa shape index (κ1) is 15.9. The molecule has 9 heteroatoms. The lowest BCUT2D eigenvalue weighted by Gasteiger charge is -2.27. The largest absolute Gasteiger partial charge is 0.360 e. The molecule has 3 rings (SSSR count). The highest BCUT2D eigenvalue weighted by Crippen LogP contribution is 2.23. The van der Waals surface area contributed by atoms with E-state index in [1.807, 2.05) is 24.9 Å². The summed E-state index contributed by atoms with van der Waals surface area (Å²) in [5.74, 6) is 1.32. The number of rotatable bonds is 6. The smallest absolute Gasteiger partial charge is 0.340 e. The van der Waals surface area contributed by atoms with Gasteiger partial charge in [0.2, 0.25) is 0 Å². The van der Waals surface area contributed by atoms with Crippen LogP contribution in [0, 0.1) is 6.92 Å². The van der Waals surface area contributed by atoms with Gasteiger partial charge in [-0.3, -0.25) is 14.8 Å². The molecule has 1 fully saturated rings. The number of aromatic nitrogens is 4. The molecule has 0 aliphatic carbocycles. The Balaban J connectivity index is 1.59. The number of H-pyrrole nitrogens is 2. The van der Waals surface area contributed by atoms with Crippen molar-refractivity contribution in [2.24, 2.45) is 0 Å². The second kappa shape index (κ2) is 6.63. The van der Waals surface area contributed by atoms with Crippen LogP contribution in [0.25, 0.3) is 0 Å². The summed E-state index contributed by atoms with van der Waals surface area (Å²) < 4.78 is 19.1. The molecule has 0 radical (unpaired) electrons. The fraction of sp³-hybridized carbons (Fsp3) is 0.643. The van der Waals surface area contributed by atoms with E-state index in [1.54, 1.807) is 0 Å². The number of likely N-dealkylation sites (N-methyl/N-ethyl adjacent to an activating group) is 1. The molecular formula is C14H21FN6O2. The fourth-order valence-electron chi connectivity index (χ4n) is 3.06. The van der Waals surface area contributed by atoms with E-state index < -0.39 is 6.17 Å². The van der Waals surface area contributed by atoms with Crippen molar-refractivity contribution in [3.8, 4) is 0 Å². The molecule has 0 unspecified atom stereocenters. The van der Waals surface area contributed by atoms with Crippen molar-refractivity contribution < 1.29 is 8.91 Å². The van der Waals surface area contributed by atoms with Crippen molar-refractivity contribution in [3.63, 3.8) is 0 Å². The number of alkyl halides is 1. The third kappa shape index (κ3) is 4.05. The summed E-state index contributed by atoms with van der Waals surface area (Å²) in [6.45, 7) is 4.01. The normalized spacial score (nSPS) is 22.3. The Labute approximate surface area is 132 Å². The molecule has 126 valence electrons. The molecule has 0 bridgehead atoms. The van der Waals surface area contributed by atoms with Crippen molar-refractivity contribution in [2.45, 2.75) is 38.6 Å². The molecular weight excluding hydrogens is 303 g/mol. The van der Waals surface area contributed by atoms with Gasteiger partial charge in [-0.1, -0.05) is 5.16 Å². The first-order valence-electron chi connectivity index (χ1n) is 7.62. The average molecular weight is 324 g/mol. The third-order valence-electron chi connectivity index (χ3n) is 4.00. The highest BCUT2D eigenvalue weighted by atomic mass is 19.1. The van der Waals surface area contributed by atoms with Gasteiger partial charge in [-0.05, 0) is 20.4 Å². The Hall–Kier alpha value is -2.00. The summed E-state index contributed by atoms with van der Waals surface area (Å²) in [5, 5.41) is 10.1. The van der Waals surface area contributed by atoms with Gasteiger partial charge in [0.15, 0.2) is 5.76 Å². The molecule has 8 nitrogen and oxygen atoms in total. The lowest BCUT2D eigenvalue weighted by atomic mass is 10.2. The van der Waals surface area contributed by atoms with Gasteiger partial charge in [0, 0.05) is 25.2 Å². The zero-order chi connectivity index (χ0) is 16.4. The number of aromatic amines is 2. The van der Waals surface area contributed by atoms with E-state index in [0.29, 0.717) is 38.4 Å². The summed E-state index contributed by atoms with van der Waals surface area (Å²) >= 11 is 0. The van der Waals surface area contributed by atoms with E-state index in [1.165, 1.54) is 0 Å². The Morgan fingerprint density at radius 3 is 3.04 bits per heavy atom. The van der Waals surface area contributed by atoms with Crippen molar-refractivity contribution in [1.29, 1.82) is 0 Å². The zero-order valence-corrected chi connectivity index (χ0v) is 13.3.